The summed E-state index contributed by atoms with van der Waals surface area (Å²) < 4.78 is 5.57. The van der Waals surface area contributed by atoms with E-state index in [1.54, 1.807) is 4.90 Å². The highest BCUT2D eigenvalue weighted by molar-refractivity contribution is 5.78. The maximum Gasteiger partial charge on any atom is 0.303 e. The molecule has 2 aliphatic heterocycles. The zero-order chi connectivity index (χ0) is 13.0. The summed E-state index contributed by atoms with van der Waals surface area (Å²) in [5.41, 5.74) is 0. The standard InChI is InChI=1S/C12H20N2O4/c15-11(8-18-10-1-3-13-4-2-10)14-6-9(7-14)5-12(16)17/h9-10,13H,1-8H2,(H,16,17). The van der Waals surface area contributed by atoms with Crippen LogP contribution in [0.4, 0.5) is 0 Å². The van der Waals surface area contributed by atoms with Crippen molar-refractivity contribution in [2.24, 2.45) is 5.92 Å². The van der Waals surface area contributed by atoms with Gasteiger partial charge in [-0.1, -0.05) is 0 Å². The summed E-state index contributed by atoms with van der Waals surface area (Å²) in [6.45, 7) is 3.14. The topological polar surface area (TPSA) is 78.9 Å². The van der Waals surface area contributed by atoms with E-state index >= 15 is 0 Å². The minimum atomic E-state index is -0.793. The number of carboxylic acid groups (broad SMARTS) is 1. The lowest BCUT2D eigenvalue weighted by Crippen LogP contribution is -2.52. The van der Waals surface area contributed by atoms with Gasteiger partial charge in [-0.3, -0.25) is 9.59 Å². The van der Waals surface area contributed by atoms with Crippen LogP contribution < -0.4 is 5.32 Å². The molecule has 0 radical (unpaired) electrons. The van der Waals surface area contributed by atoms with Crippen molar-refractivity contribution in [1.82, 2.24) is 10.2 Å². The summed E-state index contributed by atoms with van der Waals surface area (Å²) in [6.07, 6.45) is 2.24. The lowest BCUT2D eigenvalue weighted by molar-refractivity contribution is -0.149. The molecule has 0 aromatic heterocycles. The molecular weight excluding hydrogens is 236 g/mol. The minimum absolute atomic E-state index is 0.0184. The van der Waals surface area contributed by atoms with Crippen LogP contribution in [-0.4, -0.2) is 60.8 Å². The average Bonchev–Trinajstić information content (AvgIpc) is 2.31. The molecule has 0 atom stereocenters. The molecule has 1 amide bonds. The van der Waals surface area contributed by atoms with Gasteiger partial charge < -0.3 is 20.1 Å². The Morgan fingerprint density at radius 2 is 1.94 bits per heavy atom. The Balaban J connectivity index is 1.60. The van der Waals surface area contributed by atoms with Gasteiger partial charge >= 0.3 is 5.97 Å². The third kappa shape index (κ3) is 3.68. The third-order valence-electron chi connectivity index (χ3n) is 3.50. The number of likely N-dealkylation sites (tertiary alicyclic amines) is 1. The Morgan fingerprint density at radius 3 is 2.56 bits per heavy atom. The highest BCUT2D eigenvalue weighted by atomic mass is 16.5. The Kier molecular flexibility index (Phi) is 4.54. The zero-order valence-electron chi connectivity index (χ0n) is 10.4. The van der Waals surface area contributed by atoms with Gasteiger partial charge in [0.15, 0.2) is 0 Å². The van der Waals surface area contributed by atoms with Gasteiger partial charge in [0.25, 0.3) is 0 Å². The summed E-state index contributed by atoms with van der Waals surface area (Å²) in [5.74, 6) is -0.696. The van der Waals surface area contributed by atoms with Crippen LogP contribution in [0.25, 0.3) is 0 Å². The highest BCUT2D eigenvalue weighted by Gasteiger charge is 2.32. The summed E-state index contributed by atoms with van der Waals surface area (Å²) in [6, 6.07) is 0. The van der Waals surface area contributed by atoms with E-state index in [1.165, 1.54) is 0 Å². The van der Waals surface area contributed by atoms with Crippen molar-refractivity contribution in [2.75, 3.05) is 32.8 Å². The first-order valence-electron chi connectivity index (χ1n) is 6.47. The van der Waals surface area contributed by atoms with Gasteiger partial charge in [0.2, 0.25) is 5.91 Å². The number of piperidine rings is 1. The van der Waals surface area contributed by atoms with Crippen LogP contribution in [-0.2, 0) is 14.3 Å². The van der Waals surface area contributed by atoms with E-state index in [4.69, 9.17) is 9.84 Å². The smallest absolute Gasteiger partial charge is 0.303 e. The third-order valence-corrected chi connectivity index (χ3v) is 3.50. The molecule has 0 aromatic rings. The number of hydrogen-bond acceptors (Lipinski definition) is 4. The lowest BCUT2D eigenvalue weighted by atomic mass is 9.96. The molecule has 6 heteroatoms. The zero-order valence-corrected chi connectivity index (χ0v) is 10.4. The Morgan fingerprint density at radius 1 is 1.28 bits per heavy atom. The molecule has 0 aliphatic carbocycles. The SMILES string of the molecule is O=C(O)CC1CN(C(=O)COC2CCNCC2)C1. The van der Waals surface area contributed by atoms with Crippen molar-refractivity contribution >= 4 is 11.9 Å². The van der Waals surface area contributed by atoms with E-state index in [9.17, 15) is 9.59 Å². The van der Waals surface area contributed by atoms with Crippen molar-refractivity contribution < 1.29 is 19.4 Å². The molecule has 0 spiro atoms. The predicted octanol–water partition coefficient (Wildman–Crippen LogP) is -0.312. The van der Waals surface area contributed by atoms with Crippen molar-refractivity contribution in [3.8, 4) is 0 Å². The summed E-state index contributed by atoms with van der Waals surface area (Å²) in [5, 5.41) is 11.9. The number of ether oxygens (including phenoxy) is 1. The fraction of sp³-hybridized carbons (Fsp3) is 0.833. The van der Waals surface area contributed by atoms with E-state index in [1.807, 2.05) is 0 Å². The molecular formula is C12H20N2O4. The number of carboxylic acids is 1. The quantitative estimate of drug-likeness (QED) is 0.705. The second-order valence-electron chi connectivity index (χ2n) is 5.02. The van der Waals surface area contributed by atoms with Crippen molar-refractivity contribution in [1.29, 1.82) is 0 Å². The van der Waals surface area contributed by atoms with E-state index in [2.05, 4.69) is 5.32 Å². The summed E-state index contributed by atoms with van der Waals surface area (Å²) in [7, 11) is 0. The minimum Gasteiger partial charge on any atom is -0.481 e. The molecule has 2 saturated heterocycles. The second-order valence-corrected chi connectivity index (χ2v) is 5.02. The van der Waals surface area contributed by atoms with Gasteiger partial charge in [0.1, 0.15) is 6.61 Å². The van der Waals surface area contributed by atoms with E-state index < -0.39 is 5.97 Å². The highest BCUT2D eigenvalue weighted by Crippen LogP contribution is 2.19. The molecule has 0 aromatic carbocycles. The van der Waals surface area contributed by atoms with E-state index in [0.717, 1.165) is 25.9 Å². The fourth-order valence-corrected chi connectivity index (χ4v) is 2.39. The first-order valence-corrected chi connectivity index (χ1v) is 6.47. The largest absolute Gasteiger partial charge is 0.481 e. The number of nitrogens with zero attached hydrogens (tertiary/aromatic N) is 1. The lowest BCUT2D eigenvalue weighted by Gasteiger charge is -2.38. The van der Waals surface area contributed by atoms with Crippen molar-refractivity contribution in [2.45, 2.75) is 25.4 Å². The average molecular weight is 256 g/mol. The van der Waals surface area contributed by atoms with E-state index in [0.29, 0.717) is 13.1 Å². The van der Waals surface area contributed by atoms with Crippen LogP contribution in [0.1, 0.15) is 19.3 Å². The van der Waals surface area contributed by atoms with Crippen LogP contribution in [0.2, 0.25) is 0 Å². The van der Waals surface area contributed by atoms with Gasteiger partial charge in [0, 0.05) is 19.0 Å². The van der Waals surface area contributed by atoms with Gasteiger partial charge in [-0.2, -0.15) is 0 Å². The van der Waals surface area contributed by atoms with E-state index in [-0.39, 0.29) is 31.0 Å². The van der Waals surface area contributed by atoms with Crippen molar-refractivity contribution in [3.63, 3.8) is 0 Å². The second kappa shape index (κ2) is 6.15. The molecule has 0 bridgehead atoms. The maximum absolute atomic E-state index is 11.7. The van der Waals surface area contributed by atoms with Crippen LogP contribution in [0.15, 0.2) is 0 Å². The molecule has 2 fully saturated rings. The van der Waals surface area contributed by atoms with Gasteiger partial charge in [-0.25, -0.2) is 0 Å². The first-order chi connectivity index (χ1) is 8.65. The Labute approximate surface area is 106 Å². The fourth-order valence-electron chi connectivity index (χ4n) is 2.39. The number of hydrogen-bond donors (Lipinski definition) is 2. The number of rotatable bonds is 5. The molecule has 102 valence electrons. The first kappa shape index (κ1) is 13.3. The van der Waals surface area contributed by atoms with Gasteiger partial charge in [0.05, 0.1) is 12.5 Å². The molecule has 18 heavy (non-hydrogen) atoms. The normalized spacial score (nSPS) is 21.7. The number of carbonyl (C=O) groups excluding carboxylic acids is 1. The van der Waals surface area contributed by atoms with Crippen LogP contribution in [0, 0.1) is 5.92 Å². The summed E-state index contributed by atoms with van der Waals surface area (Å²) >= 11 is 0. The molecule has 6 nitrogen and oxygen atoms in total. The molecule has 2 aliphatic rings. The van der Waals surface area contributed by atoms with Crippen molar-refractivity contribution in [3.05, 3.63) is 0 Å². The molecule has 0 saturated carbocycles. The maximum atomic E-state index is 11.7. The summed E-state index contributed by atoms with van der Waals surface area (Å²) in [4.78, 5) is 23.9. The molecule has 0 unspecified atom stereocenters. The number of carbonyl (C=O) groups is 2. The number of aliphatic carboxylic acids is 1. The number of amides is 1. The Hall–Kier alpha value is -1.14. The van der Waals surface area contributed by atoms with Crippen LogP contribution in [0.3, 0.4) is 0 Å². The van der Waals surface area contributed by atoms with Crippen LogP contribution >= 0.6 is 0 Å². The van der Waals surface area contributed by atoms with Gasteiger partial charge in [-0.15, -0.1) is 0 Å². The molecule has 2 N–H and O–H groups in total. The number of nitrogens with one attached hydrogen (secondary N) is 1. The van der Waals surface area contributed by atoms with Gasteiger partial charge in [-0.05, 0) is 25.9 Å². The Bertz CT molecular complexity index is 309. The predicted molar refractivity (Wildman–Crippen MR) is 64.2 cm³/mol. The van der Waals surface area contributed by atoms with Crippen LogP contribution in [0.5, 0.6) is 0 Å². The monoisotopic (exact) mass is 256 g/mol. The molecule has 2 heterocycles. The molecule has 2 rings (SSSR count).